The van der Waals surface area contributed by atoms with Gasteiger partial charge in [-0.3, -0.25) is 0 Å². The first-order chi connectivity index (χ1) is 9.74. The third-order valence-corrected chi connectivity index (χ3v) is 2.93. The van der Waals surface area contributed by atoms with Crippen LogP contribution in [0.3, 0.4) is 0 Å². The number of anilines is 2. The number of rotatable bonds is 5. The van der Waals surface area contributed by atoms with Crippen molar-refractivity contribution in [1.29, 1.82) is 5.26 Å². The van der Waals surface area contributed by atoms with E-state index in [1.54, 1.807) is 6.20 Å². The van der Waals surface area contributed by atoms with Crippen LogP contribution in [0.1, 0.15) is 24.6 Å². The summed E-state index contributed by atoms with van der Waals surface area (Å²) in [4.78, 5) is 10.4. The highest BCUT2D eigenvalue weighted by atomic mass is 15.2. The van der Waals surface area contributed by atoms with Crippen molar-refractivity contribution in [2.75, 3.05) is 17.2 Å². The molecule has 0 fully saturated rings. The molecule has 102 valence electrons. The molecule has 1 aromatic carbocycles. The van der Waals surface area contributed by atoms with Crippen molar-refractivity contribution in [3.05, 3.63) is 47.9 Å². The fraction of sp³-hybridized carbons (Fsp3) is 0.267. The maximum atomic E-state index is 9.14. The summed E-state index contributed by atoms with van der Waals surface area (Å²) in [6.07, 6.45) is 4.12. The van der Waals surface area contributed by atoms with Gasteiger partial charge in [0.05, 0.1) is 0 Å². The second-order valence-electron chi connectivity index (χ2n) is 4.50. The number of nitrogen functional groups attached to an aromatic ring is 1. The van der Waals surface area contributed by atoms with Gasteiger partial charge in [0.25, 0.3) is 0 Å². The van der Waals surface area contributed by atoms with E-state index < -0.39 is 0 Å². The van der Waals surface area contributed by atoms with Gasteiger partial charge < -0.3 is 10.6 Å². The van der Waals surface area contributed by atoms with Gasteiger partial charge in [0.15, 0.2) is 11.5 Å². The van der Waals surface area contributed by atoms with Crippen molar-refractivity contribution in [1.82, 2.24) is 9.97 Å². The highest BCUT2D eigenvalue weighted by molar-refractivity contribution is 5.50. The zero-order chi connectivity index (χ0) is 14.4. The average Bonchev–Trinajstić information content (AvgIpc) is 2.49. The van der Waals surface area contributed by atoms with E-state index in [1.165, 1.54) is 6.20 Å². The van der Waals surface area contributed by atoms with Crippen LogP contribution in [-0.4, -0.2) is 16.5 Å². The Morgan fingerprint density at radius 1 is 1.20 bits per heavy atom. The number of benzene rings is 1. The molecule has 0 amide bonds. The zero-order valence-corrected chi connectivity index (χ0v) is 11.5. The first-order valence-electron chi connectivity index (χ1n) is 6.55. The molecule has 0 aliphatic heterocycles. The Kier molecular flexibility index (Phi) is 4.51. The predicted octanol–water partition coefficient (Wildman–Crippen LogP) is 2.35. The number of nitriles is 1. The van der Waals surface area contributed by atoms with Gasteiger partial charge in [-0.15, -0.1) is 0 Å². The molecular weight excluding hydrogens is 250 g/mol. The molecular formula is C15H17N5. The van der Waals surface area contributed by atoms with Crippen molar-refractivity contribution in [3.8, 4) is 6.07 Å². The van der Waals surface area contributed by atoms with Gasteiger partial charge in [0, 0.05) is 31.2 Å². The minimum atomic E-state index is 0.358. The number of nitrogens with two attached hydrogens (primary N) is 1. The van der Waals surface area contributed by atoms with Crippen LogP contribution in [0.2, 0.25) is 0 Å². The first kappa shape index (κ1) is 13.8. The average molecular weight is 267 g/mol. The third kappa shape index (κ3) is 3.23. The van der Waals surface area contributed by atoms with Crippen molar-refractivity contribution >= 4 is 11.5 Å². The standard InChI is InChI=1S/C15H17N5/c1-2-9-20(11-12-3-5-13(17)6-4-12)15-14(10-16)18-7-8-19-15/h3-8H,2,9,11,17H2,1H3. The van der Waals surface area contributed by atoms with E-state index >= 15 is 0 Å². The molecule has 0 radical (unpaired) electrons. The van der Waals surface area contributed by atoms with Crippen LogP contribution in [0.15, 0.2) is 36.7 Å². The summed E-state index contributed by atoms with van der Waals surface area (Å²) in [5, 5.41) is 9.14. The summed E-state index contributed by atoms with van der Waals surface area (Å²) in [5.74, 6) is 0.633. The van der Waals surface area contributed by atoms with Crippen LogP contribution in [0.5, 0.6) is 0 Å². The van der Waals surface area contributed by atoms with Crippen molar-refractivity contribution in [3.63, 3.8) is 0 Å². The number of hydrogen-bond acceptors (Lipinski definition) is 5. The Hall–Kier alpha value is -2.61. The maximum Gasteiger partial charge on any atom is 0.183 e. The SMILES string of the molecule is CCCN(Cc1ccc(N)cc1)c1nccnc1C#N. The van der Waals surface area contributed by atoms with Gasteiger partial charge >= 0.3 is 0 Å². The summed E-state index contributed by atoms with van der Waals surface area (Å²) in [6.45, 7) is 3.59. The molecule has 0 atom stereocenters. The van der Waals surface area contributed by atoms with E-state index in [4.69, 9.17) is 11.0 Å². The normalized spacial score (nSPS) is 10.0. The first-order valence-corrected chi connectivity index (χ1v) is 6.55. The van der Waals surface area contributed by atoms with Gasteiger partial charge in [-0.2, -0.15) is 5.26 Å². The van der Waals surface area contributed by atoms with E-state index in [-0.39, 0.29) is 0 Å². The summed E-state index contributed by atoms with van der Waals surface area (Å²) in [7, 11) is 0. The number of aromatic nitrogens is 2. The van der Waals surface area contributed by atoms with Crippen LogP contribution in [-0.2, 0) is 6.54 Å². The summed E-state index contributed by atoms with van der Waals surface area (Å²) < 4.78 is 0. The maximum absolute atomic E-state index is 9.14. The Labute approximate surface area is 118 Å². The fourth-order valence-corrected chi connectivity index (χ4v) is 2.01. The molecule has 0 saturated heterocycles. The molecule has 1 heterocycles. The van der Waals surface area contributed by atoms with Gasteiger partial charge in [-0.1, -0.05) is 19.1 Å². The highest BCUT2D eigenvalue weighted by Gasteiger charge is 2.13. The lowest BCUT2D eigenvalue weighted by Gasteiger charge is -2.23. The molecule has 0 aliphatic carbocycles. The lowest BCUT2D eigenvalue weighted by molar-refractivity contribution is 0.750. The van der Waals surface area contributed by atoms with Crippen molar-refractivity contribution in [2.45, 2.75) is 19.9 Å². The zero-order valence-electron chi connectivity index (χ0n) is 11.5. The Morgan fingerprint density at radius 3 is 2.55 bits per heavy atom. The molecule has 2 N–H and O–H groups in total. The molecule has 2 rings (SSSR count). The molecule has 5 nitrogen and oxygen atoms in total. The molecule has 1 aromatic heterocycles. The molecule has 0 aliphatic rings. The minimum absolute atomic E-state index is 0.358. The number of nitrogens with zero attached hydrogens (tertiary/aromatic N) is 4. The second-order valence-corrected chi connectivity index (χ2v) is 4.50. The minimum Gasteiger partial charge on any atom is -0.399 e. The van der Waals surface area contributed by atoms with Gasteiger partial charge in [-0.05, 0) is 24.1 Å². The summed E-state index contributed by atoms with van der Waals surface area (Å²) in [5.41, 5.74) is 7.92. The van der Waals surface area contributed by atoms with E-state index in [9.17, 15) is 0 Å². The van der Waals surface area contributed by atoms with Crippen LogP contribution < -0.4 is 10.6 Å². The van der Waals surface area contributed by atoms with E-state index in [1.807, 2.05) is 24.3 Å². The monoisotopic (exact) mass is 267 g/mol. The second kappa shape index (κ2) is 6.53. The lowest BCUT2D eigenvalue weighted by Crippen LogP contribution is -2.25. The predicted molar refractivity (Wildman–Crippen MR) is 78.9 cm³/mol. The van der Waals surface area contributed by atoms with Crippen LogP contribution in [0.25, 0.3) is 0 Å². The molecule has 0 unspecified atom stereocenters. The van der Waals surface area contributed by atoms with E-state index in [0.717, 1.165) is 24.2 Å². The molecule has 2 aromatic rings. The topological polar surface area (TPSA) is 78.8 Å². The van der Waals surface area contributed by atoms with Crippen molar-refractivity contribution < 1.29 is 0 Å². The largest absolute Gasteiger partial charge is 0.399 e. The van der Waals surface area contributed by atoms with E-state index in [2.05, 4.69) is 27.9 Å². The molecule has 20 heavy (non-hydrogen) atoms. The smallest absolute Gasteiger partial charge is 0.183 e. The van der Waals surface area contributed by atoms with Gasteiger partial charge in [0.1, 0.15) is 6.07 Å². The Bertz CT molecular complexity index is 600. The molecule has 0 bridgehead atoms. The van der Waals surface area contributed by atoms with Crippen LogP contribution in [0, 0.1) is 11.3 Å². The Balaban J connectivity index is 2.27. The highest BCUT2D eigenvalue weighted by Crippen LogP contribution is 2.18. The van der Waals surface area contributed by atoms with Gasteiger partial charge in [-0.25, -0.2) is 9.97 Å². The fourth-order valence-electron chi connectivity index (χ4n) is 2.01. The van der Waals surface area contributed by atoms with Crippen LogP contribution in [0.4, 0.5) is 11.5 Å². The van der Waals surface area contributed by atoms with Crippen molar-refractivity contribution in [2.24, 2.45) is 0 Å². The summed E-state index contributed by atoms with van der Waals surface area (Å²) in [6, 6.07) is 9.82. The molecule has 0 saturated carbocycles. The van der Waals surface area contributed by atoms with Gasteiger partial charge in [0.2, 0.25) is 0 Å². The molecule has 0 spiro atoms. The lowest BCUT2D eigenvalue weighted by atomic mass is 10.2. The third-order valence-electron chi connectivity index (χ3n) is 2.93. The number of hydrogen-bond donors (Lipinski definition) is 1. The molecule has 5 heteroatoms. The summed E-state index contributed by atoms with van der Waals surface area (Å²) >= 11 is 0. The quantitative estimate of drug-likeness (QED) is 0.841. The Morgan fingerprint density at radius 2 is 1.90 bits per heavy atom. The van der Waals surface area contributed by atoms with E-state index in [0.29, 0.717) is 18.1 Å². The van der Waals surface area contributed by atoms with Crippen LogP contribution >= 0.6 is 0 Å².